The number of anilines is 2. The third-order valence-electron chi connectivity index (χ3n) is 4.29. The van der Waals surface area contributed by atoms with Gasteiger partial charge in [0.15, 0.2) is 0 Å². The van der Waals surface area contributed by atoms with Crippen LogP contribution in [-0.2, 0) is 4.84 Å². The summed E-state index contributed by atoms with van der Waals surface area (Å²) in [6, 6.07) is 21.2. The molecule has 0 aromatic heterocycles. The highest BCUT2D eigenvalue weighted by Gasteiger charge is 2.10. The lowest BCUT2D eigenvalue weighted by Crippen LogP contribution is -2.88. The van der Waals surface area contributed by atoms with Crippen LogP contribution in [0.3, 0.4) is 0 Å². The van der Waals surface area contributed by atoms with Crippen molar-refractivity contribution in [2.75, 3.05) is 10.6 Å². The molecule has 0 unspecified atom stereocenters. The molecule has 0 atom stereocenters. The van der Waals surface area contributed by atoms with Crippen LogP contribution in [0.4, 0.5) is 21.0 Å². The van der Waals surface area contributed by atoms with Crippen molar-refractivity contribution in [2.45, 2.75) is 13.8 Å². The summed E-state index contributed by atoms with van der Waals surface area (Å²) in [5.74, 6) is 0.346. The highest BCUT2D eigenvalue weighted by atomic mass is 16.7. The molecule has 0 aliphatic heterocycles. The smallest absolute Gasteiger partial charge is 0.412 e. The van der Waals surface area contributed by atoms with Crippen molar-refractivity contribution in [2.24, 2.45) is 5.73 Å². The Labute approximate surface area is 180 Å². The van der Waals surface area contributed by atoms with Crippen molar-refractivity contribution in [3.05, 3.63) is 95.7 Å². The van der Waals surface area contributed by atoms with E-state index in [2.05, 4.69) is 10.6 Å². The molecule has 0 spiro atoms. The molecule has 8 nitrogen and oxygen atoms in total. The molecule has 0 radical (unpaired) electrons. The second-order valence-electron chi connectivity index (χ2n) is 6.87. The Bertz CT molecular complexity index is 1020. The number of rotatable bonds is 6. The van der Waals surface area contributed by atoms with Gasteiger partial charge in [-0.2, -0.15) is 17.6 Å². The molecule has 0 heterocycles. The highest BCUT2D eigenvalue weighted by molar-refractivity contribution is 5.86. The monoisotopic (exact) mass is 420 g/mol. The lowest BCUT2D eigenvalue weighted by Gasteiger charge is -2.16. The van der Waals surface area contributed by atoms with E-state index in [0.29, 0.717) is 22.7 Å². The van der Waals surface area contributed by atoms with Gasteiger partial charge in [-0.1, -0.05) is 47.5 Å². The maximum atomic E-state index is 12.0. The molecule has 8 heteroatoms. The lowest BCUT2D eigenvalue weighted by molar-refractivity contribution is -0.855. The van der Waals surface area contributed by atoms with Crippen LogP contribution < -0.4 is 26.6 Å². The average molecular weight is 420 g/mol. The number of hydrogen-bond donors (Lipinski definition) is 4. The van der Waals surface area contributed by atoms with Crippen LogP contribution in [0.2, 0.25) is 0 Å². The van der Waals surface area contributed by atoms with E-state index in [9.17, 15) is 9.59 Å². The van der Waals surface area contributed by atoms with Gasteiger partial charge in [0.1, 0.15) is 11.9 Å². The fourth-order valence-corrected chi connectivity index (χ4v) is 2.57. The van der Waals surface area contributed by atoms with Crippen LogP contribution in [0, 0.1) is 20.0 Å². The molecule has 6 N–H and O–H groups in total. The van der Waals surface area contributed by atoms with Gasteiger partial charge >= 0.3 is 12.2 Å². The van der Waals surface area contributed by atoms with Crippen molar-refractivity contribution in [1.29, 1.82) is 0 Å². The topological polar surface area (TPSA) is 119 Å². The van der Waals surface area contributed by atoms with Crippen molar-refractivity contribution in [3.63, 3.8) is 0 Å². The number of benzene rings is 3. The third-order valence-corrected chi connectivity index (χ3v) is 4.29. The quantitative estimate of drug-likeness (QED) is 0.360. The van der Waals surface area contributed by atoms with Gasteiger partial charge in [0.05, 0.1) is 0 Å². The average Bonchev–Trinajstić information content (AvgIpc) is 2.76. The molecule has 31 heavy (non-hydrogen) atoms. The number of quaternary nitrogens is 1. The number of nitrogens with two attached hydrogens (primary N) is 2. The molecule has 0 aliphatic carbocycles. The van der Waals surface area contributed by atoms with E-state index in [-0.39, 0.29) is 6.17 Å². The molecule has 160 valence electrons. The van der Waals surface area contributed by atoms with Gasteiger partial charge in [-0.25, -0.2) is 9.59 Å². The molecular weight excluding hydrogens is 396 g/mol. The predicted molar refractivity (Wildman–Crippen MR) is 117 cm³/mol. The number of aryl methyl sites for hydroxylation is 2. The Morgan fingerprint density at radius 1 is 0.774 bits per heavy atom. The Hall–Kier alpha value is -4.01. The summed E-state index contributed by atoms with van der Waals surface area (Å²) in [6.45, 7) is 3.92. The van der Waals surface area contributed by atoms with Crippen LogP contribution in [0.25, 0.3) is 0 Å². The van der Waals surface area contributed by atoms with Gasteiger partial charge in [-0.05, 0) is 38.1 Å². The predicted octanol–water partition coefficient (Wildman–Crippen LogP) is 3.44. The second kappa shape index (κ2) is 10.1. The summed E-state index contributed by atoms with van der Waals surface area (Å²) >= 11 is 0. The molecule has 2 amide bonds. The molecule has 0 fully saturated rings. The summed E-state index contributed by atoms with van der Waals surface area (Å²) in [6.07, 6.45) is -1.01. The maximum Gasteiger partial charge on any atom is 0.465 e. The van der Waals surface area contributed by atoms with Crippen LogP contribution in [-0.4, -0.2) is 12.2 Å². The first-order chi connectivity index (χ1) is 14.9. The summed E-state index contributed by atoms with van der Waals surface area (Å²) in [5, 5.41) is 5.25. The molecule has 3 rings (SSSR count). The van der Waals surface area contributed by atoms with Gasteiger partial charge in [0.25, 0.3) is 0 Å². The number of ether oxygens (including phenoxy) is 1. The van der Waals surface area contributed by atoms with Crippen molar-refractivity contribution < 1.29 is 24.6 Å². The summed E-state index contributed by atoms with van der Waals surface area (Å²) in [5.41, 5.74) is 11.2. The van der Waals surface area contributed by atoms with Crippen molar-refractivity contribution >= 4 is 23.6 Å². The zero-order valence-corrected chi connectivity index (χ0v) is 17.2. The SMILES string of the molecule is Cc1ccc(NC(=O)O[NH2+][C-](N)c2ccc(OC(=O)Nc3ccc(C)cc3)cc2)cc1. The first-order valence-corrected chi connectivity index (χ1v) is 9.55. The summed E-state index contributed by atoms with van der Waals surface area (Å²) in [7, 11) is 0. The Morgan fingerprint density at radius 3 is 1.77 bits per heavy atom. The standard InChI is InChI=1S/C23H24N4O4/c1-15-3-9-18(10-4-15)25-22(28)30-20-13-7-17(8-14-20)21(24)27-31-23(29)26-19-11-5-16(2)6-12-19/h3-14H,24,27H2,1-2H3,(H,25,28)(H,26,29). The van der Waals surface area contributed by atoms with Gasteiger partial charge < -0.3 is 10.5 Å². The Morgan fingerprint density at radius 2 is 1.26 bits per heavy atom. The first-order valence-electron chi connectivity index (χ1n) is 9.55. The number of carbonyl (C=O) groups is 2. The highest BCUT2D eigenvalue weighted by Crippen LogP contribution is 2.15. The number of nitrogens with one attached hydrogen (secondary N) is 2. The van der Waals surface area contributed by atoms with E-state index in [1.54, 1.807) is 48.5 Å². The van der Waals surface area contributed by atoms with E-state index in [1.165, 1.54) is 0 Å². The molecule has 0 saturated carbocycles. The Kier molecular flexibility index (Phi) is 7.10. The zero-order chi connectivity index (χ0) is 22.2. The van der Waals surface area contributed by atoms with Gasteiger partial charge in [-0.15, -0.1) is 5.56 Å². The number of carbonyl (C=O) groups excluding carboxylic acids is 2. The van der Waals surface area contributed by atoms with Gasteiger partial charge in [0, 0.05) is 11.4 Å². The van der Waals surface area contributed by atoms with Crippen LogP contribution in [0.5, 0.6) is 5.75 Å². The molecule has 3 aromatic rings. The first kappa shape index (κ1) is 21.7. The second-order valence-corrected chi connectivity index (χ2v) is 6.87. The van der Waals surface area contributed by atoms with Crippen LogP contribution in [0.1, 0.15) is 16.7 Å². The summed E-state index contributed by atoms with van der Waals surface area (Å²) in [4.78, 5) is 28.9. The lowest BCUT2D eigenvalue weighted by atomic mass is 10.2. The molecule has 0 saturated heterocycles. The Balaban J connectivity index is 1.46. The molecular formula is C23H24N4O4. The summed E-state index contributed by atoms with van der Waals surface area (Å²) < 4.78 is 5.25. The van der Waals surface area contributed by atoms with Crippen LogP contribution in [0.15, 0.2) is 72.8 Å². The fraction of sp³-hybridized carbons (Fsp3) is 0.0870. The van der Waals surface area contributed by atoms with E-state index < -0.39 is 12.2 Å². The van der Waals surface area contributed by atoms with E-state index in [4.69, 9.17) is 15.3 Å². The number of amides is 2. The largest absolute Gasteiger partial charge is 0.465 e. The molecule has 3 aromatic carbocycles. The minimum absolute atomic E-state index is 0.245. The minimum atomic E-state index is -0.653. The van der Waals surface area contributed by atoms with Gasteiger partial charge in [0.2, 0.25) is 0 Å². The van der Waals surface area contributed by atoms with Gasteiger partial charge in [-0.3, -0.25) is 15.5 Å². The number of hydrogen-bond acceptors (Lipinski definition) is 5. The van der Waals surface area contributed by atoms with Crippen molar-refractivity contribution in [3.8, 4) is 5.75 Å². The van der Waals surface area contributed by atoms with E-state index in [1.807, 2.05) is 38.1 Å². The third kappa shape index (κ3) is 6.77. The fourth-order valence-electron chi connectivity index (χ4n) is 2.57. The van der Waals surface area contributed by atoms with Crippen molar-refractivity contribution in [1.82, 2.24) is 0 Å². The maximum absolute atomic E-state index is 12.0. The minimum Gasteiger partial charge on any atom is -0.412 e. The van der Waals surface area contributed by atoms with E-state index in [0.717, 1.165) is 16.6 Å². The normalized spacial score (nSPS) is 10.2. The molecule has 0 bridgehead atoms. The van der Waals surface area contributed by atoms with Crippen LogP contribution >= 0.6 is 0 Å². The van der Waals surface area contributed by atoms with E-state index >= 15 is 0 Å². The number of hydroxylamine groups is 1. The molecule has 0 aliphatic rings. The zero-order valence-electron chi connectivity index (χ0n) is 17.2.